The van der Waals surface area contributed by atoms with E-state index in [1.54, 1.807) is 0 Å². The monoisotopic (exact) mass is 257 g/mol. The van der Waals surface area contributed by atoms with Crippen LogP contribution in [0.15, 0.2) is 18.2 Å². The van der Waals surface area contributed by atoms with Gasteiger partial charge in [-0.05, 0) is 37.0 Å². The van der Waals surface area contributed by atoms with E-state index in [0.29, 0.717) is 5.95 Å². The Hall–Kier alpha value is -1.51. The first-order valence-electron chi connectivity index (χ1n) is 7.46. The molecule has 0 bridgehead atoms. The number of hydrogen-bond acceptors (Lipinski definition) is 2. The smallest absolute Gasteiger partial charge is 0.201 e. The molecule has 3 nitrogen and oxygen atoms in total. The Balaban J connectivity index is 1.79. The summed E-state index contributed by atoms with van der Waals surface area (Å²) in [6.07, 6.45) is 8.26. The van der Waals surface area contributed by atoms with E-state index in [1.807, 2.05) is 0 Å². The lowest BCUT2D eigenvalue weighted by Gasteiger charge is -2.21. The summed E-state index contributed by atoms with van der Waals surface area (Å²) in [6, 6.07) is 6.36. The Bertz CT molecular complexity index is 565. The van der Waals surface area contributed by atoms with E-state index < -0.39 is 0 Å². The van der Waals surface area contributed by atoms with Gasteiger partial charge >= 0.3 is 0 Å². The molecule has 0 radical (unpaired) electrons. The van der Waals surface area contributed by atoms with Gasteiger partial charge in [0, 0.05) is 6.54 Å². The molecule has 1 fully saturated rings. The number of aryl methyl sites for hydroxylation is 2. The second kappa shape index (κ2) is 5.24. The van der Waals surface area contributed by atoms with Crippen LogP contribution in [-0.4, -0.2) is 9.55 Å². The molecule has 0 spiro atoms. The van der Waals surface area contributed by atoms with Gasteiger partial charge in [0.1, 0.15) is 0 Å². The lowest BCUT2D eigenvalue weighted by atomic mass is 9.87. The molecule has 0 aliphatic heterocycles. The number of nitrogens with two attached hydrogens (primary N) is 1. The van der Waals surface area contributed by atoms with Crippen molar-refractivity contribution < 1.29 is 0 Å². The van der Waals surface area contributed by atoms with Crippen molar-refractivity contribution >= 4 is 17.0 Å². The van der Waals surface area contributed by atoms with E-state index in [0.717, 1.165) is 18.0 Å². The maximum atomic E-state index is 6.07. The fraction of sp³-hybridized carbons (Fsp3) is 0.562. The van der Waals surface area contributed by atoms with Crippen molar-refractivity contribution in [2.24, 2.45) is 5.92 Å². The average Bonchev–Trinajstić information content (AvgIpc) is 2.73. The third-order valence-electron chi connectivity index (χ3n) is 4.42. The number of anilines is 1. The summed E-state index contributed by atoms with van der Waals surface area (Å²) in [5.74, 6) is 1.55. The molecule has 0 amide bonds. The van der Waals surface area contributed by atoms with Gasteiger partial charge in [-0.3, -0.25) is 0 Å². The molecular formula is C16H23N3. The van der Waals surface area contributed by atoms with Gasteiger partial charge in [0.05, 0.1) is 11.0 Å². The zero-order valence-corrected chi connectivity index (χ0v) is 11.7. The highest BCUT2D eigenvalue weighted by Gasteiger charge is 2.15. The number of benzene rings is 1. The van der Waals surface area contributed by atoms with E-state index in [9.17, 15) is 0 Å². The Morgan fingerprint density at radius 2 is 2.05 bits per heavy atom. The van der Waals surface area contributed by atoms with Crippen molar-refractivity contribution in [2.45, 2.75) is 52.0 Å². The molecule has 3 heteroatoms. The first-order valence-corrected chi connectivity index (χ1v) is 7.46. The summed E-state index contributed by atoms with van der Waals surface area (Å²) in [4.78, 5) is 4.46. The molecular weight excluding hydrogens is 234 g/mol. The maximum Gasteiger partial charge on any atom is 0.201 e. The van der Waals surface area contributed by atoms with Gasteiger partial charge in [0.15, 0.2) is 0 Å². The van der Waals surface area contributed by atoms with Crippen molar-refractivity contribution in [3.8, 4) is 0 Å². The minimum atomic E-state index is 0.663. The molecule has 1 aliphatic rings. The van der Waals surface area contributed by atoms with Crippen LogP contribution in [0.3, 0.4) is 0 Å². The molecule has 3 rings (SSSR count). The number of aromatic nitrogens is 2. The van der Waals surface area contributed by atoms with E-state index in [2.05, 4.69) is 34.7 Å². The predicted octanol–water partition coefficient (Wildman–Crippen LogP) is 3.90. The third kappa shape index (κ3) is 2.60. The van der Waals surface area contributed by atoms with Crippen LogP contribution in [0.4, 0.5) is 5.95 Å². The van der Waals surface area contributed by atoms with Crippen molar-refractivity contribution in [3.63, 3.8) is 0 Å². The third-order valence-corrected chi connectivity index (χ3v) is 4.42. The molecule has 0 saturated heterocycles. The van der Waals surface area contributed by atoms with Gasteiger partial charge in [-0.2, -0.15) is 0 Å². The van der Waals surface area contributed by atoms with Crippen LogP contribution in [0, 0.1) is 12.8 Å². The first-order chi connectivity index (χ1) is 9.24. The summed E-state index contributed by atoms with van der Waals surface area (Å²) in [6.45, 7) is 3.13. The maximum absolute atomic E-state index is 6.07. The Morgan fingerprint density at radius 3 is 2.84 bits per heavy atom. The molecule has 1 aromatic carbocycles. The summed E-state index contributed by atoms with van der Waals surface area (Å²) in [7, 11) is 0. The average molecular weight is 257 g/mol. The van der Waals surface area contributed by atoms with Gasteiger partial charge < -0.3 is 10.3 Å². The lowest BCUT2D eigenvalue weighted by molar-refractivity contribution is 0.326. The van der Waals surface area contributed by atoms with Crippen molar-refractivity contribution in [3.05, 3.63) is 23.8 Å². The van der Waals surface area contributed by atoms with E-state index in [4.69, 9.17) is 5.73 Å². The Morgan fingerprint density at radius 1 is 1.26 bits per heavy atom. The summed E-state index contributed by atoms with van der Waals surface area (Å²) in [5, 5.41) is 0. The highest BCUT2D eigenvalue weighted by molar-refractivity contribution is 5.79. The van der Waals surface area contributed by atoms with Crippen LogP contribution in [0.25, 0.3) is 11.0 Å². The van der Waals surface area contributed by atoms with Gasteiger partial charge in [-0.15, -0.1) is 0 Å². The van der Waals surface area contributed by atoms with E-state index >= 15 is 0 Å². The molecule has 1 aliphatic carbocycles. The van der Waals surface area contributed by atoms with E-state index in [1.165, 1.54) is 49.6 Å². The summed E-state index contributed by atoms with van der Waals surface area (Å²) in [5.41, 5.74) is 9.55. The number of imidazole rings is 1. The van der Waals surface area contributed by atoms with Gasteiger partial charge in [-0.25, -0.2) is 4.98 Å². The molecule has 1 saturated carbocycles. The van der Waals surface area contributed by atoms with E-state index in [-0.39, 0.29) is 0 Å². The van der Waals surface area contributed by atoms with Crippen molar-refractivity contribution in [1.82, 2.24) is 9.55 Å². The molecule has 0 unspecified atom stereocenters. The van der Waals surface area contributed by atoms with Crippen LogP contribution < -0.4 is 5.73 Å². The van der Waals surface area contributed by atoms with Gasteiger partial charge in [0.2, 0.25) is 5.95 Å². The Kier molecular flexibility index (Phi) is 3.45. The normalized spacial score (nSPS) is 17.1. The number of fused-ring (bicyclic) bond motifs is 1. The predicted molar refractivity (Wildman–Crippen MR) is 80.1 cm³/mol. The largest absolute Gasteiger partial charge is 0.369 e. The zero-order chi connectivity index (χ0) is 13.2. The second-order valence-electron chi connectivity index (χ2n) is 5.91. The number of nitrogen functional groups attached to an aromatic ring is 1. The van der Waals surface area contributed by atoms with Crippen LogP contribution in [0.5, 0.6) is 0 Å². The first kappa shape index (κ1) is 12.5. The molecule has 19 heavy (non-hydrogen) atoms. The summed E-state index contributed by atoms with van der Waals surface area (Å²) >= 11 is 0. The van der Waals surface area contributed by atoms with Crippen molar-refractivity contribution in [2.75, 3.05) is 5.73 Å². The van der Waals surface area contributed by atoms with Gasteiger partial charge in [0.25, 0.3) is 0 Å². The quantitative estimate of drug-likeness (QED) is 0.906. The lowest BCUT2D eigenvalue weighted by Crippen LogP contribution is -2.11. The van der Waals surface area contributed by atoms with Gasteiger partial charge in [-0.1, -0.05) is 38.2 Å². The highest BCUT2D eigenvalue weighted by Crippen LogP contribution is 2.28. The SMILES string of the molecule is Cc1ccc2nc(N)n(CCC3CCCCC3)c2c1. The number of rotatable bonds is 3. The second-order valence-corrected chi connectivity index (χ2v) is 5.91. The zero-order valence-electron chi connectivity index (χ0n) is 11.7. The fourth-order valence-corrected chi connectivity index (χ4v) is 3.27. The molecule has 2 N–H and O–H groups in total. The molecule has 2 aromatic rings. The minimum absolute atomic E-state index is 0.663. The van der Waals surface area contributed by atoms with Crippen LogP contribution >= 0.6 is 0 Å². The summed E-state index contributed by atoms with van der Waals surface area (Å²) < 4.78 is 2.19. The Labute approximate surface area is 114 Å². The van der Waals surface area contributed by atoms with Crippen LogP contribution in [0.2, 0.25) is 0 Å². The highest BCUT2D eigenvalue weighted by atomic mass is 15.1. The van der Waals surface area contributed by atoms with Crippen LogP contribution in [0.1, 0.15) is 44.1 Å². The minimum Gasteiger partial charge on any atom is -0.369 e. The van der Waals surface area contributed by atoms with Crippen molar-refractivity contribution in [1.29, 1.82) is 0 Å². The fourth-order valence-electron chi connectivity index (χ4n) is 3.27. The number of hydrogen-bond donors (Lipinski definition) is 1. The number of nitrogens with zero attached hydrogens (tertiary/aromatic N) is 2. The molecule has 1 aromatic heterocycles. The standard InChI is InChI=1S/C16H23N3/c1-12-7-8-14-15(11-12)19(16(17)18-14)10-9-13-5-3-2-4-6-13/h7-8,11,13H,2-6,9-10H2,1H3,(H2,17,18). The molecule has 1 heterocycles. The topological polar surface area (TPSA) is 43.8 Å². The van der Waals surface area contributed by atoms with Crippen LogP contribution in [-0.2, 0) is 6.54 Å². The molecule has 0 atom stereocenters. The molecule has 102 valence electrons.